The van der Waals surface area contributed by atoms with E-state index in [9.17, 15) is 4.79 Å². The Morgan fingerprint density at radius 1 is 1.13 bits per heavy atom. The highest BCUT2D eigenvalue weighted by molar-refractivity contribution is 5.94. The fourth-order valence-electron chi connectivity index (χ4n) is 2.98. The van der Waals surface area contributed by atoms with E-state index < -0.39 is 0 Å². The lowest BCUT2D eigenvalue weighted by molar-refractivity contribution is 0.0782. The van der Waals surface area contributed by atoms with Gasteiger partial charge in [0.2, 0.25) is 0 Å². The van der Waals surface area contributed by atoms with E-state index in [1.54, 1.807) is 11.1 Å². The number of carbonyl (C=O) groups excluding carboxylic acids is 1. The van der Waals surface area contributed by atoms with E-state index in [0.29, 0.717) is 12.2 Å². The number of aromatic nitrogens is 3. The molecule has 0 fully saturated rings. The lowest BCUT2D eigenvalue weighted by Crippen LogP contribution is -2.25. The molecule has 0 radical (unpaired) electrons. The van der Waals surface area contributed by atoms with Crippen molar-refractivity contribution in [1.82, 2.24) is 19.4 Å². The first-order chi connectivity index (χ1) is 11.1. The Morgan fingerprint density at radius 2 is 2.00 bits per heavy atom. The lowest BCUT2D eigenvalue weighted by atomic mass is 10.1. The van der Waals surface area contributed by atoms with Crippen molar-refractivity contribution in [3.8, 4) is 17.1 Å². The molecule has 0 saturated heterocycles. The van der Waals surface area contributed by atoms with Crippen LogP contribution in [0.25, 0.3) is 17.1 Å². The molecule has 0 aromatic carbocycles. The number of fused-ring (bicyclic) bond motifs is 3. The van der Waals surface area contributed by atoms with Crippen molar-refractivity contribution in [3.05, 3.63) is 65.7 Å². The van der Waals surface area contributed by atoms with Crippen LogP contribution in [0.1, 0.15) is 21.7 Å². The summed E-state index contributed by atoms with van der Waals surface area (Å²) in [6.45, 7) is 2.52. The highest BCUT2D eigenvalue weighted by Crippen LogP contribution is 2.27. The first kappa shape index (κ1) is 13.7. The van der Waals surface area contributed by atoms with Gasteiger partial charge in [0.25, 0.3) is 5.91 Å². The highest BCUT2D eigenvalue weighted by Gasteiger charge is 2.24. The number of carbonyl (C=O) groups is 1. The van der Waals surface area contributed by atoms with E-state index in [-0.39, 0.29) is 5.91 Å². The van der Waals surface area contributed by atoms with E-state index in [2.05, 4.69) is 4.98 Å². The van der Waals surface area contributed by atoms with E-state index in [1.807, 2.05) is 61.1 Å². The molecule has 3 aromatic rings. The van der Waals surface area contributed by atoms with Gasteiger partial charge >= 0.3 is 0 Å². The Kier molecular flexibility index (Phi) is 3.01. The van der Waals surface area contributed by atoms with Crippen molar-refractivity contribution >= 4 is 5.91 Å². The van der Waals surface area contributed by atoms with Crippen LogP contribution in [-0.2, 0) is 6.54 Å². The molecular formula is C18H16N4O. The van der Waals surface area contributed by atoms with Gasteiger partial charge in [-0.2, -0.15) is 0 Å². The summed E-state index contributed by atoms with van der Waals surface area (Å²) in [4.78, 5) is 23.3. The SMILES string of the molecule is Cc1ncccc1-c1ccc2c(n1)-n1cccc1C(=O)N(C)C2. The number of rotatable bonds is 1. The Hall–Kier alpha value is -2.95. The predicted molar refractivity (Wildman–Crippen MR) is 87.3 cm³/mol. The van der Waals surface area contributed by atoms with Gasteiger partial charge in [0, 0.05) is 42.8 Å². The second kappa shape index (κ2) is 5.05. The molecule has 114 valence electrons. The van der Waals surface area contributed by atoms with Gasteiger partial charge in [-0.1, -0.05) is 6.07 Å². The Labute approximate surface area is 134 Å². The van der Waals surface area contributed by atoms with E-state index in [1.165, 1.54) is 0 Å². The highest BCUT2D eigenvalue weighted by atomic mass is 16.2. The molecule has 0 bridgehead atoms. The Bertz CT molecular complexity index is 913. The first-order valence-electron chi connectivity index (χ1n) is 7.50. The third-order valence-electron chi connectivity index (χ3n) is 4.19. The molecule has 1 aliphatic heterocycles. The maximum Gasteiger partial charge on any atom is 0.270 e. The summed E-state index contributed by atoms with van der Waals surface area (Å²) < 4.78 is 1.87. The molecule has 0 unspecified atom stereocenters. The van der Waals surface area contributed by atoms with Crippen LogP contribution >= 0.6 is 0 Å². The van der Waals surface area contributed by atoms with Crippen LogP contribution in [0.4, 0.5) is 0 Å². The van der Waals surface area contributed by atoms with Crippen molar-refractivity contribution < 1.29 is 4.79 Å². The number of amides is 1. The normalized spacial score (nSPS) is 13.5. The zero-order valence-electron chi connectivity index (χ0n) is 13.0. The number of nitrogens with zero attached hydrogens (tertiary/aromatic N) is 4. The number of pyridine rings is 2. The zero-order chi connectivity index (χ0) is 16.0. The largest absolute Gasteiger partial charge is 0.336 e. The van der Waals surface area contributed by atoms with Crippen LogP contribution in [-0.4, -0.2) is 32.4 Å². The molecule has 4 heterocycles. The Morgan fingerprint density at radius 3 is 2.83 bits per heavy atom. The fraction of sp³-hybridized carbons (Fsp3) is 0.167. The molecule has 0 atom stereocenters. The van der Waals surface area contributed by atoms with Crippen molar-refractivity contribution in [2.75, 3.05) is 7.05 Å². The molecule has 23 heavy (non-hydrogen) atoms. The molecule has 3 aromatic heterocycles. The minimum atomic E-state index is 0.00658. The molecule has 1 aliphatic rings. The predicted octanol–water partition coefficient (Wildman–Crippen LogP) is 2.83. The molecule has 0 saturated carbocycles. The van der Waals surface area contributed by atoms with Crippen molar-refractivity contribution in [3.63, 3.8) is 0 Å². The summed E-state index contributed by atoms with van der Waals surface area (Å²) in [5.74, 6) is 0.815. The van der Waals surface area contributed by atoms with Gasteiger partial charge in [-0.05, 0) is 37.3 Å². The molecule has 5 heteroatoms. The molecule has 4 rings (SSSR count). The summed E-state index contributed by atoms with van der Waals surface area (Å²) in [5.41, 5.74) is 4.48. The Balaban J connectivity index is 1.94. The van der Waals surface area contributed by atoms with Crippen molar-refractivity contribution in [2.45, 2.75) is 13.5 Å². The van der Waals surface area contributed by atoms with Gasteiger partial charge < -0.3 is 4.90 Å². The van der Waals surface area contributed by atoms with Gasteiger partial charge in [0.15, 0.2) is 0 Å². The summed E-state index contributed by atoms with van der Waals surface area (Å²) in [5, 5.41) is 0. The standard InChI is InChI=1S/C18H16N4O/c1-12-14(5-3-9-19-12)15-8-7-13-11-21(2)18(23)16-6-4-10-22(16)17(13)20-15/h3-10H,11H2,1-2H3. The van der Waals surface area contributed by atoms with Crippen molar-refractivity contribution in [2.24, 2.45) is 0 Å². The smallest absolute Gasteiger partial charge is 0.270 e. The summed E-state index contributed by atoms with van der Waals surface area (Å²) in [6.07, 6.45) is 3.66. The van der Waals surface area contributed by atoms with Crippen LogP contribution in [0.5, 0.6) is 0 Å². The minimum absolute atomic E-state index is 0.00658. The first-order valence-corrected chi connectivity index (χ1v) is 7.50. The number of hydrogen-bond donors (Lipinski definition) is 0. The molecular weight excluding hydrogens is 288 g/mol. The number of hydrogen-bond acceptors (Lipinski definition) is 3. The van der Waals surface area contributed by atoms with Crippen molar-refractivity contribution in [1.29, 1.82) is 0 Å². The third-order valence-corrected chi connectivity index (χ3v) is 4.19. The average Bonchev–Trinajstić information content (AvgIpc) is 3.01. The maximum atomic E-state index is 12.4. The van der Waals surface area contributed by atoms with Gasteiger partial charge in [-0.15, -0.1) is 0 Å². The molecule has 0 N–H and O–H groups in total. The quantitative estimate of drug-likeness (QED) is 0.694. The van der Waals surface area contributed by atoms with Gasteiger partial charge in [0.05, 0.1) is 5.69 Å². The molecule has 1 amide bonds. The van der Waals surface area contributed by atoms with Crippen LogP contribution < -0.4 is 0 Å². The topological polar surface area (TPSA) is 51.0 Å². The average molecular weight is 304 g/mol. The van der Waals surface area contributed by atoms with Crippen LogP contribution in [0.15, 0.2) is 48.8 Å². The second-order valence-corrected chi connectivity index (χ2v) is 5.74. The lowest BCUT2D eigenvalue weighted by Gasteiger charge is -2.14. The van der Waals surface area contributed by atoms with E-state index >= 15 is 0 Å². The fourth-order valence-corrected chi connectivity index (χ4v) is 2.98. The molecule has 0 spiro atoms. The summed E-state index contributed by atoms with van der Waals surface area (Å²) >= 11 is 0. The third kappa shape index (κ3) is 2.12. The monoisotopic (exact) mass is 304 g/mol. The molecule has 0 aliphatic carbocycles. The minimum Gasteiger partial charge on any atom is -0.336 e. The molecule has 5 nitrogen and oxygen atoms in total. The maximum absolute atomic E-state index is 12.4. The summed E-state index contributed by atoms with van der Waals surface area (Å²) in [6, 6.07) is 11.7. The van der Waals surface area contributed by atoms with Crippen LogP contribution in [0.3, 0.4) is 0 Å². The van der Waals surface area contributed by atoms with E-state index in [4.69, 9.17) is 4.98 Å². The summed E-state index contributed by atoms with van der Waals surface area (Å²) in [7, 11) is 1.81. The van der Waals surface area contributed by atoms with Crippen LogP contribution in [0.2, 0.25) is 0 Å². The van der Waals surface area contributed by atoms with Gasteiger partial charge in [-0.25, -0.2) is 4.98 Å². The van der Waals surface area contributed by atoms with E-state index in [0.717, 1.165) is 28.3 Å². The second-order valence-electron chi connectivity index (χ2n) is 5.74. The zero-order valence-corrected chi connectivity index (χ0v) is 13.0. The number of aryl methyl sites for hydroxylation is 1. The van der Waals surface area contributed by atoms with Gasteiger partial charge in [0.1, 0.15) is 11.5 Å². The van der Waals surface area contributed by atoms with Crippen LogP contribution in [0, 0.1) is 6.92 Å². The van der Waals surface area contributed by atoms with Gasteiger partial charge in [-0.3, -0.25) is 14.3 Å².